The van der Waals surface area contributed by atoms with Gasteiger partial charge in [0.2, 0.25) is 0 Å². The van der Waals surface area contributed by atoms with Gasteiger partial charge >= 0.3 is 5.97 Å². The van der Waals surface area contributed by atoms with Gasteiger partial charge in [-0.1, -0.05) is 20.8 Å². The van der Waals surface area contributed by atoms with Gasteiger partial charge < -0.3 is 4.74 Å². The maximum atomic E-state index is 11.3. The van der Waals surface area contributed by atoms with Crippen molar-refractivity contribution in [2.24, 2.45) is 21.7 Å². The number of hydrogen-bond donors (Lipinski definition) is 0. The SMILES string of the molecule is CC1(C)[C@@H]2CC[C@@]1(C)[C@@H]1OC(=O)CN=C21. The van der Waals surface area contributed by atoms with E-state index in [1.807, 2.05) is 0 Å². The first kappa shape index (κ1) is 9.37. The quantitative estimate of drug-likeness (QED) is 0.568. The Morgan fingerprint density at radius 3 is 2.87 bits per heavy atom. The fourth-order valence-electron chi connectivity index (χ4n) is 3.73. The van der Waals surface area contributed by atoms with Crippen LogP contribution in [0.15, 0.2) is 4.99 Å². The minimum Gasteiger partial charge on any atom is -0.454 e. The molecular weight excluding hydrogens is 190 g/mol. The average molecular weight is 207 g/mol. The Balaban J connectivity index is 2.12. The number of nitrogens with zero attached hydrogens (tertiary/aromatic N) is 1. The van der Waals surface area contributed by atoms with Crippen LogP contribution in [0.25, 0.3) is 0 Å². The molecule has 1 heterocycles. The lowest BCUT2D eigenvalue weighted by atomic mass is 9.70. The van der Waals surface area contributed by atoms with Gasteiger partial charge in [0.05, 0.1) is 5.71 Å². The first-order chi connectivity index (χ1) is 6.97. The van der Waals surface area contributed by atoms with E-state index in [2.05, 4.69) is 25.8 Å². The van der Waals surface area contributed by atoms with Gasteiger partial charge in [-0.2, -0.15) is 0 Å². The Bertz CT molecular complexity index is 372. The van der Waals surface area contributed by atoms with Crippen LogP contribution in [0, 0.1) is 16.7 Å². The topological polar surface area (TPSA) is 38.7 Å². The van der Waals surface area contributed by atoms with Crippen molar-refractivity contribution in [1.29, 1.82) is 0 Å². The molecule has 3 atom stereocenters. The van der Waals surface area contributed by atoms with E-state index in [1.54, 1.807) is 0 Å². The van der Waals surface area contributed by atoms with Crippen LogP contribution < -0.4 is 0 Å². The van der Waals surface area contributed by atoms with Gasteiger partial charge in [-0.25, -0.2) is 0 Å². The molecule has 82 valence electrons. The van der Waals surface area contributed by atoms with Crippen LogP contribution in [-0.4, -0.2) is 24.3 Å². The Kier molecular flexibility index (Phi) is 1.53. The van der Waals surface area contributed by atoms with Gasteiger partial charge in [-0.3, -0.25) is 9.79 Å². The summed E-state index contributed by atoms with van der Waals surface area (Å²) in [5.41, 5.74) is 1.49. The third-order valence-corrected chi connectivity index (χ3v) is 5.14. The average Bonchev–Trinajstić information content (AvgIpc) is 2.48. The molecule has 0 saturated heterocycles. The summed E-state index contributed by atoms with van der Waals surface area (Å²) in [7, 11) is 0. The van der Waals surface area contributed by atoms with Crippen LogP contribution in [-0.2, 0) is 9.53 Å². The van der Waals surface area contributed by atoms with Crippen molar-refractivity contribution in [3.05, 3.63) is 0 Å². The fourth-order valence-corrected chi connectivity index (χ4v) is 3.73. The number of esters is 1. The molecule has 1 aliphatic heterocycles. The number of hydrogen-bond acceptors (Lipinski definition) is 3. The van der Waals surface area contributed by atoms with Gasteiger partial charge in [0.15, 0.2) is 0 Å². The van der Waals surface area contributed by atoms with Crippen LogP contribution in [0.1, 0.15) is 33.6 Å². The molecule has 2 aliphatic carbocycles. The highest BCUT2D eigenvalue weighted by molar-refractivity contribution is 6.00. The van der Waals surface area contributed by atoms with Crippen LogP contribution in [0.5, 0.6) is 0 Å². The third kappa shape index (κ3) is 0.876. The van der Waals surface area contributed by atoms with Crippen molar-refractivity contribution in [1.82, 2.24) is 0 Å². The molecule has 0 radical (unpaired) electrons. The van der Waals surface area contributed by atoms with Crippen LogP contribution in [0.4, 0.5) is 0 Å². The summed E-state index contributed by atoms with van der Waals surface area (Å²) >= 11 is 0. The Hall–Kier alpha value is -0.860. The van der Waals surface area contributed by atoms with E-state index in [4.69, 9.17) is 4.74 Å². The maximum Gasteiger partial charge on any atom is 0.328 e. The molecule has 2 saturated carbocycles. The number of rotatable bonds is 0. The van der Waals surface area contributed by atoms with Gasteiger partial charge in [0, 0.05) is 11.3 Å². The van der Waals surface area contributed by atoms with Crippen molar-refractivity contribution in [2.75, 3.05) is 6.54 Å². The highest BCUT2D eigenvalue weighted by Gasteiger charge is 2.67. The standard InChI is InChI=1S/C12H17NO2/c1-11(2)7-4-5-12(11,3)10-9(7)13-6-8(14)15-10/h7,10H,4-6H2,1-3H3/t7-,10-,12+/m1/s1. The van der Waals surface area contributed by atoms with Crippen molar-refractivity contribution in [3.8, 4) is 0 Å². The predicted octanol–water partition coefficient (Wildman–Crippen LogP) is 1.81. The maximum absolute atomic E-state index is 11.3. The fraction of sp³-hybridized carbons (Fsp3) is 0.833. The van der Waals surface area contributed by atoms with E-state index < -0.39 is 0 Å². The molecule has 0 aromatic rings. The summed E-state index contributed by atoms with van der Waals surface area (Å²) in [5.74, 6) is 0.369. The van der Waals surface area contributed by atoms with E-state index in [1.165, 1.54) is 6.42 Å². The normalized spacial score (nSPS) is 46.1. The van der Waals surface area contributed by atoms with Gasteiger partial charge in [0.1, 0.15) is 12.6 Å². The molecule has 0 aromatic heterocycles. The summed E-state index contributed by atoms with van der Waals surface area (Å²) < 4.78 is 5.51. The lowest BCUT2D eigenvalue weighted by molar-refractivity contribution is -0.151. The summed E-state index contributed by atoms with van der Waals surface area (Å²) in [5, 5.41) is 0. The van der Waals surface area contributed by atoms with Gasteiger partial charge in [-0.05, 0) is 18.3 Å². The van der Waals surface area contributed by atoms with Gasteiger partial charge in [-0.15, -0.1) is 0 Å². The molecule has 15 heavy (non-hydrogen) atoms. The van der Waals surface area contributed by atoms with Crippen molar-refractivity contribution < 1.29 is 9.53 Å². The summed E-state index contributed by atoms with van der Waals surface area (Å²) in [6.07, 6.45) is 2.32. The number of carbonyl (C=O) groups excluding carboxylic acids is 1. The Labute approximate surface area is 89.9 Å². The largest absolute Gasteiger partial charge is 0.454 e. The molecular formula is C12H17NO2. The Morgan fingerprint density at radius 1 is 1.40 bits per heavy atom. The first-order valence-electron chi connectivity index (χ1n) is 5.70. The molecule has 0 spiro atoms. The molecule has 3 nitrogen and oxygen atoms in total. The minimum absolute atomic E-state index is 0.0347. The highest BCUT2D eigenvalue weighted by atomic mass is 16.5. The molecule has 0 amide bonds. The number of fused-ring (bicyclic) bond motifs is 5. The number of ether oxygens (including phenoxy) is 1. The smallest absolute Gasteiger partial charge is 0.328 e. The molecule has 0 aromatic carbocycles. The lowest BCUT2D eigenvalue weighted by Crippen LogP contribution is -2.44. The second-order valence-electron chi connectivity index (χ2n) is 5.84. The molecule has 3 aliphatic rings. The number of aliphatic imine (C=N–C) groups is 1. The second kappa shape index (κ2) is 2.45. The summed E-state index contributed by atoms with van der Waals surface area (Å²) in [6.45, 7) is 7.06. The lowest BCUT2D eigenvalue weighted by Gasteiger charge is -2.38. The monoisotopic (exact) mass is 207 g/mol. The molecule has 3 rings (SSSR count). The third-order valence-electron chi connectivity index (χ3n) is 5.14. The Morgan fingerprint density at radius 2 is 2.13 bits per heavy atom. The predicted molar refractivity (Wildman–Crippen MR) is 56.8 cm³/mol. The summed E-state index contributed by atoms with van der Waals surface area (Å²) in [6, 6.07) is 0. The molecule has 2 bridgehead atoms. The highest BCUT2D eigenvalue weighted by Crippen LogP contribution is 2.65. The van der Waals surface area contributed by atoms with Gasteiger partial charge in [0.25, 0.3) is 0 Å². The molecule has 0 unspecified atom stereocenters. The molecule has 0 N–H and O–H groups in total. The van der Waals surface area contributed by atoms with E-state index in [-0.39, 0.29) is 29.4 Å². The zero-order chi connectivity index (χ0) is 10.8. The first-order valence-corrected chi connectivity index (χ1v) is 5.70. The second-order valence-corrected chi connectivity index (χ2v) is 5.84. The van der Waals surface area contributed by atoms with Crippen molar-refractivity contribution in [3.63, 3.8) is 0 Å². The van der Waals surface area contributed by atoms with E-state index >= 15 is 0 Å². The van der Waals surface area contributed by atoms with Crippen LogP contribution in [0.2, 0.25) is 0 Å². The van der Waals surface area contributed by atoms with Crippen molar-refractivity contribution in [2.45, 2.75) is 39.7 Å². The zero-order valence-electron chi connectivity index (χ0n) is 9.54. The van der Waals surface area contributed by atoms with E-state index in [9.17, 15) is 4.79 Å². The number of carbonyl (C=O) groups is 1. The molecule has 2 fully saturated rings. The zero-order valence-corrected chi connectivity index (χ0v) is 9.54. The van der Waals surface area contributed by atoms with Crippen molar-refractivity contribution >= 4 is 11.7 Å². The summed E-state index contributed by atoms with van der Waals surface area (Å²) in [4.78, 5) is 15.7. The van der Waals surface area contributed by atoms with E-state index in [0.717, 1.165) is 12.1 Å². The van der Waals surface area contributed by atoms with E-state index in [0.29, 0.717) is 5.92 Å². The van der Waals surface area contributed by atoms with Crippen LogP contribution >= 0.6 is 0 Å². The van der Waals surface area contributed by atoms with Crippen LogP contribution in [0.3, 0.4) is 0 Å². The minimum atomic E-state index is -0.159. The molecule has 3 heteroatoms.